The molecule has 2 heterocycles. The summed E-state index contributed by atoms with van der Waals surface area (Å²) < 4.78 is 0.961. The van der Waals surface area contributed by atoms with E-state index in [1.54, 1.807) is 0 Å². The first-order valence-corrected chi connectivity index (χ1v) is 9.33. The third-order valence-electron chi connectivity index (χ3n) is 4.58. The van der Waals surface area contributed by atoms with Gasteiger partial charge in [0.2, 0.25) is 5.91 Å². The van der Waals surface area contributed by atoms with Crippen LogP contribution in [-0.4, -0.2) is 52.9 Å². The molecule has 0 spiro atoms. The number of benzene rings is 1. The standard InChI is InChI=1S/C19H23BrN4O/c1-15(19(25)22-18-4-2-3-17(20)13-18)24-11-9-23(10-12-24)14-16-5-7-21-8-6-16/h2-8,13,15H,9-12,14H2,1H3,(H,22,25). The molecule has 25 heavy (non-hydrogen) atoms. The molecular formula is C19H23BrN4O. The van der Waals surface area contributed by atoms with Crippen molar-refractivity contribution in [2.75, 3.05) is 31.5 Å². The van der Waals surface area contributed by atoms with Gasteiger partial charge in [-0.05, 0) is 42.8 Å². The number of anilines is 1. The highest BCUT2D eigenvalue weighted by Gasteiger charge is 2.25. The van der Waals surface area contributed by atoms with Crippen molar-refractivity contribution in [3.63, 3.8) is 0 Å². The third kappa shape index (κ3) is 5.11. The lowest BCUT2D eigenvalue weighted by atomic mass is 10.2. The number of piperazine rings is 1. The number of aromatic nitrogens is 1. The van der Waals surface area contributed by atoms with E-state index in [4.69, 9.17) is 0 Å². The Bertz CT molecular complexity index is 702. The lowest BCUT2D eigenvalue weighted by Gasteiger charge is -2.37. The molecule has 3 rings (SSSR count). The van der Waals surface area contributed by atoms with Crippen molar-refractivity contribution < 1.29 is 4.79 Å². The summed E-state index contributed by atoms with van der Waals surface area (Å²) in [4.78, 5) is 21.2. The van der Waals surface area contributed by atoms with E-state index in [1.807, 2.05) is 43.6 Å². The Labute approximate surface area is 157 Å². The van der Waals surface area contributed by atoms with Crippen molar-refractivity contribution in [2.24, 2.45) is 0 Å². The zero-order valence-electron chi connectivity index (χ0n) is 14.4. The van der Waals surface area contributed by atoms with Crippen molar-refractivity contribution in [1.82, 2.24) is 14.8 Å². The molecule has 1 unspecified atom stereocenters. The van der Waals surface area contributed by atoms with Crippen LogP contribution in [0, 0.1) is 0 Å². The van der Waals surface area contributed by atoms with Gasteiger partial charge in [-0.15, -0.1) is 0 Å². The summed E-state index contributed by atoms with van der Waals surface area (Å²) in [6.07, 6.45) is 3.67. The molecule has 1 amide bonds. The molecule has 132 valence electrons. The number of hydrogen-bond donors (Lipinski definition) is 1. The first kappa shape index (κ1) is 18.0. The number of nitrogens with zero attached hydrogens (tertiary/aromatic N) is 3. The fourth-order valence-electron chi connectivity index (χ4n) is 3.03. The number of carbonyl (C=O) groups is 1. The van der Waals surface area contributed by atoms with Crippen molar-refractivity contribution in [3.8, 4) is 0 Å². The van der Waals surface area contributed by atoms with Crippen LogP contribution >= 0.6 is 15.9 Å². The van der Waals surface area contributed by atoms with Gasteiger partial charge in [-0.25, -0.2) is 0 Å². The van der Waals surface area contributed by atoms with Crippen LogP contribution in [0.1, 0.15) is 12.5 Å². The number of nitrogens with one attached hydrogen (secondary N) is 1. The van der Waals surface area contributed by atoms with Gasteiger partial charge >= 0.3 is 0 Å². The first-order chi connectivity index (χ1) is 12.1. The molecule has 1 aromatic heterocycles. The number of rotatable bonds is 5. The predicted molar refractivity (Wildman–Crippen MR) is 103 cm³/mol. The van der Waals surface area contributed by atoms with Gasteiger partial charge in [-0.1, -0.05) is 22.0 Å². The van der Waals surface area contributed by atoms with E-state index in [0.717, 1.165) is 42.9 Å². The zero-order chi connectivity index (χ0) is 17.6. The number of halogens is 1. The Hall–Kier alpha value is -1.76. The molecule has 6 heteroatoms. The van der Waals surface area contributed by atoms with Crippen LogP contribution in [0.25, 0.3) is 0 Å². The van der Waals surface area contributed by atoms with E-state index in [-0.39, 0.29) is 11.9 Å². The molecule has 5 nitrogen and oxygen atoms in total. The minimum Gasteiger partial charge on any atom is -0.325 e. The average molecular weight is 403 g/mol. The zero-order valence-corrected chi connectivity index (χ0v) is 15.9. The van der Waals surface area contributed by atoms with Crippen LogP contribution in [0.4, 0.5) is 5.69 Å². The maximum Gasteiger partial charge on any atom is 0.241 e. The van der Waals surface area contributed by atoms with Gasteiger partial charge in [0.15, 0.2) is 0 Å². The van der Waals surface area contributed by atoms with Gasteiger partial charge in [0.1, 0.15) is 0 Å². The summed E-state index contributed by atoms with van der Waals surface area (Å²) in [5.74, 6) is 0.0423. The monoisotopic (exact) mass is 402 g/mol. The molecule has 0 aliphatic carbocycles. The van der Waals surface area contributed by atoms with Crippen molar-refractivity contribution in [2.45, 2.75) is 19.5 Å². The van der Waals surface area contributed by atoms with Gasteiger partial charge in [0, 0.05) is 55.3 Å². The van der Waals surface area contributed by atoms with E-state index in [0.29, 0.717) is 0 Å². The molecule has 1 fully saturated rings. The molecule has 1 aliphatic rings. The average Bonchev–Trinajstić information content (AvgIpc) is 2.62. The highest BCUT2D eigenvalue weighted by atomic mass is 79.9. The molecule has 0 bridgehead atoms. The lowest BCUT2D eigenvalue weighted by Crippen LogP contribution is -2.52. The number of pyridine rings is 1. The number of hydrogen-bond acceptors (Lipinski definition) is 4. The SMILES string of the molecule is CC(C(=O)Nc1cccc(Br)c1)N1CCN(Cc2ccncc2)CC1. The van der Waals surface area contributed by atoms with Crippen LogP contribution < -0.4 is 5.32 Å². The third-order valence-corrected chi connectivity index (χ3v) is 5.07. The second-order valence-corrected chi connectivity index (χ2v) is 7.26. The fraction of sp³-hybridized carbons (Fsp3) is 0.368. The van der Waals surface area contributed by atoms with E-state index in [1.165, 1.54) is 5.56 Å². The van der Waals surface area contributed by atoms with Gasteiger partial charge in [0.25, 0.3) is 0 Å². The topological polar surface area (TPSA) is 48.5 Å². The molecule has 0 saturated carbocycles. The molecule has 1 N–H and O–H groups in total. The summed E-state index contributed by atoms with van der Waals surface area (Å²) >= 11 is 3.43. The minimum atomic E-state index is -0.137. The van der Waals surface area contributed by atoms with Crippen LogP contribution in [0.5, 0.6) is 0 Å². The largest absolute Gasteiger partial charge is 0.325 e. The summed E-state index contributed by atoms with van der Waals surface area (Å²) in [5.41, 5.74) is 2.10. The molecule has 1 atom stereocenters. The second kappa shape index (κ2) is 8.56. The normalized spacial score (nSPS) is 17.2. The Morgan fingerprint density at radius 3 is 2.60 bits per heavy atom. The van der Waals surface area contributed by atoms with Crippen LogP contribution in [0.2, 0.25) is 0 Å². The smallest absolute Gasteiger partial charge is 0.241 e. The summed E-state index contributed by atoms with van der Waals surface area (Å²) in [5, 5.41) is 3.00. The van der Waals surface area contributed by atoms with Crippen LogP contribution in [-0.2, 0) is 11.3 Å². The maximum absolute atomic E-state index is 12.5. The highest BCUT2D eigenvalue weighted by molar-refractivity contribution is 9.10. The van der Waals surface area contributed by atoms with Gasteiger partial charge in [-0.3, -0.25) is 19.6 Å². The molecule has 1 aromatic carbocycles. The fourth-order valence-corrected chi connectivity index (χ4v) is 3.43. The van der Waals surface area contributed by atoms with Crippen molar-refractivity contribution >= 4 is 27.5 Å². The van der Waals surface area contributed by atoms with Gasteiger partial charge in [-0.2, -0.15) is 0 Å². The maximum atomic E-state index is 12.5. The number of amides is 1. The van der Waals surface area contributed by atoms with Crippen molar-refractivity contribution in [1.29, 1.82) is 0 Å². The quantitative estimate of drug-likeness (QED) is 0.834. The van der Waals surface area contributed by atoms with Gasteiger partial charge in [0.05, 0.1) is 6.04 Å². The Balaban J connectivity index is 1.49. The summed E-state index contributed by atoms with van der Waals surface area (Å²) in [6, 6.07) is 11.7. The van der Waals surface area contributed by atoms with Gasteiger partial charge < -0.3 is 5.32 Å². The predicted octanol–water partition coefficient (Wildman–Crippen LogP) is 2.99. The van der Waals surface area contributed by atoms with Crippen LogP contribution in [0.3, 0.4) is 0 Å². The van der Waals surface area contributed by atoms with E-state index in [2.05, 4.69) is 48.2 Å². The Morgan fingerprint density at radius 2 is 1.92 bits per heavy atom. The molecule has 1 aliphatic heterocycles. The van der Waals surface area contributed by atoms with E-state index in [9.17, 15) is 4.79 Å². The number of carbonyl (C=O) groups excluding carboxylic acids is 1. The van der Waals surface area contributed by atoms with Crippen LogP contribution in [0.15, 0.2) is 53.3 Å². The van der Waals surface area contributed by atoms with Crippen molar-refractivity contribution in [3.05, 3.63) is 58.8 Å². The second-order valence-electron chi connectivity index (χ2n) is 6.34. The van der Waals surface area contributed by atoms with E-state index >= 15 is 0 Å². The molecule has 2 aromatic rings. The molecule has 1 saturated heterocycles. The Morgan fingerprint density at radius 1 is 1.20 bits per heavy atom. The lowest BCUT2D eigenvalue weighted by molar-refractivity contribution is -0.121. The summed E-state index contributed by atoms with van der Waals surface area (Å²) in [6.45, 7) is 6.66. The minimum absolute atomic E-state index is 0.0423. The van der Waals surface area contributed by atoms with E-state index < -0.39 is 0 Å². The first-order valence-electron chi connectivity index (χ1n) is 8.53. The highest BCUT2D eigenvalue weighted by Crippen LogP contribution is 2.17. The Kier molecular flexibility index (Phi) is 6.18. The molecule has 0 radical (unpaired) electrons. The molecular weight excluding hydrogens is 380 g/mol. The summed E-state index contributed by atoms with van der Waals surface area (Å²) in [7, 11) is 0.